The maximum Gasteiger partial charge on any atom is 0.175 e. The molecule has 0 spiro atoms. The van der Waals surface area contributed by atoms with Gasteiger partial charge in [-0.15, -0.1) is 0 Å². The molecule has 0 heterocycles. The van der Waals surface area contributed by atoms with E-state index in [4.69, 9.17) is 12.2 Å². The van der Waals surface area contributed by atoms with E-state index in [2.05, 4.69) is 10.6 Å². The Kier molecular flexibility index (Phi) is 4.29. The van der Waals surface area contributed by atoms with Crippen LogP contribution in [0.1, 0.15) is 11.1 Å². The highest BCUT2D eigenvalue weighted by Gasteiger charge is 2.08. The highest BCUT2D eigenvalue weighted by atomic mass is 32.1. The first-order valence-electron chi connectivity index (χ1n) is 6.06. The van der Waals surface area contributed by atoms with Gasteiger partial charge in [-0.05, 0) is 49.3 Å². The molecule has 0 saturated heterocycles. The Bertz CT molecular complexity index is 636. The number of nitrogens with one attached hydrogen (secondary N) is 2. The third-order valence-electron chi connectivity index (χ3n) is 2.90. The van der Waals surface area contributed by atoms with Crippen molar-refractivity contribution in [3.63, 3.8) is 0 Å². The predicted molar refractivity (Wildman–Crippen MR) is 82.1 cm³/mol. The van der Waals surface area contributed by atoms with Gasteiger partial charge in [-0.3, -0.25) is 0 Å². The fraction of sp³-hybridized carbons (Fsp3) is 0.133. The second kappa shape index (κ2) is 5.96. The molecule has 2 aromatic rings. The lowest BCUT2D eigenvalue weighted by Gasteiger charge is -2.15. The quantitative estimate of drug-likeness (QED) is 0.803. The van der Waals surface area contributed by atoms with Crippen LogP contribution in [-0.4, -0.2) is 5.11 Å². The van der Waals surface area contributed by atoms with Crippen molar-refractivity contribution in [2.45, 2.75) is 13.8 Å². The molecule has 0 aromatic heterocycles. The van der Waals surface area contributed by atoms with E-state index in [0.717, 1.165) is 22.9 Å². The molecule has 0 radical (unpaired) electrons. The molecule has 0 aliphatic heterocycles. The zero-order chi connectivity index (χ0) is 14.7. The van der Waals surface area contributed by atoms with Gasteiger partial charge in [0, 0.05) is 11.8 Å². The molecule has 2 aromatic carbocycles. The molecule has 0 fully saturated rings. The highest BCUT2D eigenvalue weighted by Crippen LogP contribution is 2.20. The molecule has 2 rings (SSSR count). The minimum Gasteiger partial charge on any atom is -0.332 e. The number of halogens is 2. The summed E-state index contributed by atoms with van der Waals surface area (Å²) in [6.07, 6.45) is 0. The SMILES string of the molecule is Cc1cccc(C)c1NC(=S)Nc1ccc(F)cc1F. The first-order valence-corrected chi connectivity index (χ1v) is 6.47. The first kappa shape index (κ1) is 14.4. The maximum atomic E-state index is 13.5. The molecule has 0 saturated carbocycles. The molecule has 0 atom stereocenters. The second-order valence-corrected chi connectivity index (χ2v) is 4.88. The molecule has 0 unspecified atom stereocenters. The number of benzene rings is 2. The number of thiocarbonyl (C=S) groups is 1. The van der Waals surface area contributed by atoms with Gasteiger partial charge in [0.05, 0.1) is 5.69 Å². The van der Waals surface area contributed by atoms with Gasteiger partial charge < -0.3 is 10.6 Å². The minimum atomic E-state index is -0.685. The molecule has 0 bridgehead atoms. The highest BCUT2D eigenvalue weighted by molar-refractivity contribution is 7.80. The van der Waals surface area contributed by atoms with Crippen LogP contribution in [0.5, 0.6) is 0 Å². The molecule has 0 aliphatic carbocycles. The molecule has 2 nitrogen and oxygen atoms in total. The van der Waals surface area contributed by atoms with Crippen molar-refractivity contribution in [3.8, 4) is 0 Å². The average molecular weight is 292 g/mol. The Hall–Kier alpha value is -2.01. The summed E-state index contributed by atoms with van der Waals surface area (Å²) in [5.74, 6) is -1.31. The van der Waals surface area contributed by atoms with Crippen LogP contribution in [0.4, 0.5) is 20.2 Å². The van der Waals surface area contributed by atoms with Gasteiger partial charge in [0.15, 0.2) is 5.11 Å². The molecule has 0 aliphatic rings. The summed E-state index contributed by atoms with van der Waals surface area (Å²) in [7, 11) is 0. The number of para-hydroxylation sites is 1. The molecule has 5 heteroatoms. The van der Waals surface area contributed by atoms with Crippen LogP contribution in [0.2, 0.25) is 0 Å². The van der Waals surface area contributed by atoms with E-state index in [1.807, 2.05) is 32.0 Å². The lowest BCUT2D eigenvalue weighted by atomic mass is 10.1. The van der Waals surface area contributed by atoms with Gasteiger partial charge >= 0.3 is 0 Å². The number of rotatable bonds is 2. The summed E-state index contributed by atoms with van der Waals surface area (Å²) in [6.45, 7) is 3.91. The Labute approximate surface area is 121 Å². The monoisotopic (exact) mass is 292 g/mol. The first-order chi connectivity index (χ1) is 9.47. The lowest BCUT2D eigenvalue weighted by molar-refractivity contribution is 0.586. The molecule has 104 valence electrons. The third-order valence-corrected chi connectivity index (χ3v) is 3.10. The number of anilines is 2. The number of aryl methyl sites for hydroxylation is 2. The largest absolute Gasteiger partial charge is 0.332 e. The van der Waals surface area contributed by atoms with Gasteiger partial charge in [0.1, 0.15) is 11.6 Å². The van der Waals surface area contributed by atoms with E-state index < -0.39 is 11.6 Å². The molecular formula is C15H14F2N2S. The fourth-order valence-electron chi connectivity index (χ4n) is 1.87. The maximum absolute atomic E-state index is 13.5. The van der Waals surface area contributed by atoms with Crippen LogP contribution in [-0.2, 0) is 0 Å². The van der Waals surface area contributed by atoms with Crippen molar-refractivity contribution in [1.82, 2.24) is 0 Å². The Balaban J connectivity index is 2.13. The van der Waals surface area contributed by atoms with Crippen LogP contribution in [0, 0.1) is 25.5 Å². The van der Waals surface area contributed by atoms with Crippen molar-refractivity contribution in [2.24, 2.45) is 0 Å². The van der Waals surface area contributed by atoms with E-state index in [1.165, 1.54) is 12.1 Å². The summed E-state index contributed by atoms with van der Waals surface area (Å²) in [4.78, 5) is 0. The molecule has 20 heavy (non-hydrogen) atoms. The zero-order valence-electron chi connectivity index (χ0n) is 11.1. The number of hydrogen-bond donors (Lipinski definition) is 2. The van der Waals surface area contributed by atoms with Crippen LogP contribution < -0.4 is 10.6 Å². The van der Waals surface area contributed by atoms with E-state index in [1.54, 1.807) is 0 Å². The molecule has 2 N–H and O–H groups in total. The molecular weight excluding hydrogens is 278 g/mol. The number of hydrogen-bond acceptors (Lipinski definition) is 1. The lowest BCUT2D eigenvalue weighted by Crippen LogP contribution is -2.21. The normalized spacial score (nSPS) is 10.2. The summed E-state index contributed by atoms with van der Waals surface area (Å²) >= 11 is 5.15. The van der Waals surface area contributed by atoms with Gasteiger partial charge in [0.25, 0.3) is 0 Å². The average Bonchev–Trinajstić information content (AvgIpc) is 2.37. The van der Waals surface area contributed by atoms with Crippen molar-refractivity contribution < 1.29 is 8.78 Å². The fourth-order valence-corrected chi connectivity index (χ4v) is 2.08. The van der Waals surface area contributed by atoms with Crippen molar-refractivity contribution in [3.05, 3.63) is 59.2 Å². The predicted octanol–water partition coefficient (Wildman–Crippen LogP) is 4.39. The Morgan fingerprint density at radius 1 is 1.00 bits per heavy atom. The zero-order valence-corrected chi connectivity index (χ0v) is 11.9. The van der Waals surface area contributed by atoms with E-state index in [-0.39, 0.29) is 10.8 Å². The standard InChI is InChI=1S/C15H14F2N2S/c1-9-4-3-5-10(2)14(9)19-15(20)18-13-7-6-11(16)8-12(13)17/h3-8H,1-2H3,(H2,18,19,20). The van der Waals surface area contributed by atoms with Crippen LogP contribution in [0.3, 0.4) is 0 Å². The van der Waals surface area contributed by atoms with Crippen molar-refractivity contribution in [2.75, 3.05) is 10.6 Å². The topological polar surface area (TPSA) is 24.1 Å². The van der Waals surface area contributed by atoms with E-state index in [0.29, 0.717) is 0 Å². The van der Waals surface area contributed by atoms with Gasteiger partial charge in [-0.25, -0.2) is 8.78 Å². The Morgan fingerprint density at radius 2 is 1.65 bits per heavy atom. The second-order valence-electron chi connectivity index (χ2n) is 4.47. The summed E-state index contributed by atoms with van der Waals surface area (Å²) in [5, 5.41) is 6.01. The smallest absolute Gasteiger partial charge is 0.175 e. The van der Waals surface area contributed by atoms with E-state index >= 15 is 0 Å². The minimum absolute atomic E-state index is 0.134. The van der Waals surface area contributed by atoms with Crippen molar-refractivity contribution >= 4 is 28.7 Å². The summed E-state index contributed by atoms with van der Waals surface area (Å²) in [5.41, 5.74) is 3.09. The third kappa shape index (κ3) is 3.30. The summed E-state index contributed by atoms with van der Waals surface area (Å²) < 4.78 is 26.3. The molecule has 0 amide bonds. The van der Waals surface area contributed by atoms with Gasteiger partial charge in [-0.1, -0.05) is 18.2 Å². The summed E-state index contributed by atoms with van der Waals surface area (Å²) in [6, 6.07) is 9.15. The van der Waals surface area contributed by atoms with Gasteiger partial charge in [0.2, 0.25) is 0 Å². The van der Waals surface area contributed by atoms with Crippen LogP contribution >= 0.6 is 12.2 Å². The van der Waals surface area contributed by atoms with Crippen LogP contribution in [0.15, 0.2) is 36.4 Å². The van der Waals surface area contributed by atoms with Gasteiger partial charge in [-0.2, -0.15) is 0 Å². The Morgan fingerprint density at radius 3 is 2.25 bits per heavy atom. The van der Waals surface area contributed by atoms with Crippen LogP contribution in [0.25, 0.3) is 0 Å². The van der Waals surface area contributed by atoms with E-state index in [9.17, 15) is 8.78 Å². The van der Waals surface area contributed by atoms with Crippen molar-refractivity contribution in [1.29, 1.82) is 0 Å².